The van der Waals surface area contributed by atoms with Crippen molar-refractivity contribution in [1.82, 2.24) is 15.5 Å². The summed E-state index contributed by atoms with van der Waals surface area (Å²) in [6, 6.07) is 7.85. The van der Waals surface area contributed by atoms with Gasteiger partial charge in [0.1, 0.15) is 0 Å². The lowest BCUT2D eigenvalue weighted by Crippen LogP contribution is -2.51. The van der Waals surface area contributed by atoms with Crippen LogP contribution < -0.4 is 10.2 Å². The van der Waals surface area contributed by atoms with E-state index < -0.39 is 0 Å². The molecule has 1 aliphatic heterocycles. The van der Waals surface area contributed by atoms with Crippen LogP contribution in [0, 0.1) is 0 Å². The van der Waals surface area contributed by atoms with E-state index in [-0.39, 0.29) is 12.0 Å². The third kappa shape index (κ3) is 2.98. The smallest absolute Gasteiger partial charge is 0.307 e. The fourth-order valence-corrected chi connectivity index (χ4v) is 2.93. The van der Waals surface area contributed by atoms with Crippen LogP contribution >= 0.6 is 11.6 Å². The average Bonchev–Trinajstić information content (AvgIpc) is 2.55. The predicted octanol–water partition coefficient (Wildman–Crippen LogP) is 1.62. The topological polar surface area (TPSA) is 67.3 Å². The van der Waals surface area contributed by atoms with Crippen molar-refractivity contribution in [2.75, 3.05) is 31.6 Å². The summed E-state index contributed by atoms with van der Waals surface area (Å²) in [4.78, 5) is 13.6. The maximum absolute atomic E-state index is 11.5. The lowest BCUT2D eigenvalue weighted by molar-refractivity contribution is -0.141. The van der Waals surface area contributed by atoms with Crippen LogP contribution in [0.3, 0.4) is 0 Å². The highest BCUT2D eigenvalue weighted by Crippen LogP contribution is 2.28. The maximum atomic E-state index is 11.5. The van der Waals surface area contributed by atoms with Crippen LogP contribution in [0.2, 0.25) is 5.15 Å². The summed E-state index contributed by atoms with van der Waals surface area (Å²) in [5.41, 5.74) is 0. The zero-order valence-electron chi connectivity index (χ0n) is 12.3. The molecule has 1 atom stereocenters. The molecule has 22 heavy (non-hydrogen) atoms. The third-order valence-corrected chi connectivity index (χ3v) is 4.10. The lowest BCUT2D eigenvalue weighted by atomic mass is 10.1. The van der Waals surface area contributed by atoms with E-state index in [0.717, 1.165) is 29.7 Å². The Bertz CT molecular complexity index is 694. The van der Waals surface area contributed by atoms with Gasteiger partial charge in [0, 0.05) is 36.4 Å². The highest BCUT2D eigenvalue weighted by atomic mass is 35.5. The summed E-state index contributed by atoms with van der Waals surface area (Å²) in [6.45, 7) is 2.26. The van der Waals surface area contributed by atoms with Crippen molar-refractivity contribution < 1.29 is 9.53 Å². The molecule has 0 amide bonds. The number of ether oxygens (including phenoxy) is 1. The number of piperazine rings is 1. The molecule has 1 aliphatic rings. The Balaban J connectivity index is 1.88. The van der Waals surface area contributed by atoms with E-state index in [1.54, 1.807) is 0 Å². The molecule has 7 heteroatoms. The van der Waals surface area contributed by atoms with E-state index in [9.17, 15) is 4.79 Å². The highest BCUT2D eigenvalue weighted by molar-refractivity contribution is 6.34. The Morgan fingerprint density at radius 2 is 2.18 bits per heavy atom. The van der Waals surface area contributed by atoms with Crippen molar-refractivity contribution in [2.24, 2.45) is 0 Å². The van der Waals surface area contributed by atoms with E-state index in [2.05, 4.69) is 20.4 Å². The molecule has 1 saturated heterocycles. The molecule has 2 heterocycles. The van der Waals surface area contributed by atoms with Gasteiger partial charge in [-0.2, -0.15) is 0 Å². The van der Waals surface area contributed by atoms with Crippen LogP contribution in [0.25, 0.3) is 10.8 Å². The van der Waals surface area contributed by atoms with Gasteiger partial charge in [-0.1, -0.05) is 35.9 Å². The number of rotatable bonds is 3. The number of fused-ring (bicyclic) bond motifs is 1. The minimum Gasteiger partial charge on any atom is -0.469 e. The van der Waals surface area contributed by atoms with Gasteiger partial charge in [0.25, 0.3) is 0 Å². The summed E-state index contributed by atoms with van der Waals surface area (Å²) < 4.78 is 4.74. The molecule has 0 aliphatic carbocycles. The largest absolute Gasteiger partial charge is 0.469 e. The molecule has 6 nitrogen and oxygen atoms in total. The van der Waals surface area contributed by atoms with E-state index >= 15 is 0 Å². The van der Waals surface area contributed by atoms with Gasteiger partial charge < -0.3 is 15.0 Å². The Labute approximate surface area is 133 Å². The molecule has 0 bridgehead atoms. The van der Waals surface area contributed by atoms with Gasteiger partial charge in [0.05, 0.1) is 13.5 Å². The number of hydrogen-bond acceptors (Lipinski definition) is 6. The molecule has 3 rings (SSSR count). The van der Waals surface area contributed by atoms with Crippen molar-refractivity contribution in [1.29, 1.82) is 0 Å². The maximum Gasteiger partial charge on any atom is 0.307 e. The van der Waals surface area contributed by atoms with Crippen LogP contribution in [0.4, 0.5) is 5.82 Å². The van der Waals surface area contributed by atoms with Gasteiger partial charge in [-0.25, -0.2) is 0 Å². The molecule has 1 fully saturated rings. The van der Waals surface area contributed by atoms with Crippen molar-refractivity contribution in [3.05, 3.63) is 29.4 Å². The van der Waals surface area contributed by atoms with Gasteiger partial charge in [-0.05, 0) is 0 Å². The number of anilines is 1. The first kappa shape index (κ1) is 15.0. The molecule has 2 aromatic rings. The van der Waals surface area contributed by atoms with Crippen LogP contribution in [0.5, 0.6) is 0 Å². The normalized spacial score (nSPS) is 18.5. The number of nitrogens with one attached hydrogen (secondary N) is 1. The first-order chi connectivity index (χ1) is 10.7. The predicted molar refractivity (Wildman–Crippen MR) is 85.2 cm³/mol. The number of carbonyl (C=O) groups is 1. The number of hydrogen-bond donors (Lipinski definition) is 1. The molecule has 0 spiro atoms. The standard InChI is InChI=1S/C15H17ClN4O2/c1-22-13(21)8-10-9-20(7-6-17-10)15-12-5-3-2-4-11(12)14(16)18-19-15/h2-5,10,17H,6-9H2,1H3. The zero-order valence-corrected chi connectivity index (χ0v) is 13.0. The number of carbonyl (C=O) groups excluding carboxylic acids is 1. The average molecular weight is 321 g/mol. The molecule has 1 aromatic carbocycles. The van der Waals surface area contributed by atoms with Gasteiger partial charge in [0.2, 0.25) is 0 Å². The molecule has 0 radical (unpaired) electrons. The number of halogens is 1. The third-order valence-electron chi connectivity index (χ3n) is 3.82. The summed E-state index contributed by atoms with van der Waals surface area (Å²) in [7, 11) is 1.40. The minimum atomic E-state index is -0.216. The first-order valence-corrected chi connectivity index (χ1v) is 7.53. The fourth-order valence-electron chi connectivity index (χ4n) is 2.73. The minimum absolute atomic E-state index is 0.0393. The Hall–Kier alpha value is -1.92. The molecular formula is C15H17ClN4O2. The van der Waals surface area contributed by atoms with Crippen molar-refractivity contribution in [3.8, 4) is 0 Å². The molecule has 0 saturated carbocycles. The van der Waals surface area contributed by atoms with E-state index in [0.29, 0.717) is 18.1 Å². The second-order valence-corrected chi connectivity index (χ2v) is 5.60. The number of nitrogens with zero attached hydrogens (tertiary/aromatic N) is 3. The molecular weight excluding hydrogens is 304 g/mol. The van der Waals surface area contributed by atoms with Crippen LogP contribution in [-0.4, -0.2) is 49.0 Å². The van der Waals surface area contributed by atoms with Gasteiger partial charge in [-0.3, -0.25) is 4.79 Å². The van der Waals surface area contributed by atoms with Crippen molar-refractivity contribution in [2.45, 2.75) is 12.5 Å². The molecule has 1 unspecified atom stereocenters. The van der Waals surface area contributed by atoms with Crippen LogP contribution in [0.1, 0.15) is 6.42 Å². The molecule has 116 valence electrons. The fraction of sp³-hybridized carbons (Fsp3) is 0.400. The molecule has 1 aromatic heterocycles. The number of methoxy groups -OCH3 is 1. The summed E-state index contributed by atoms with van der Waals surface area (Å²) >= 11 is 6.12. The number of esters is 1. The van der Waals surface area contributed by atoms with Crippen molar-refractivity contribution >= 4 is 34.2 Å². The van der Waals surface area contributed by atoms with Gasteiger partial charge >= 0.3 is 5.97 Å². The Kier molecular flexibility index (Phi) is 4.40. The monoisotopic (exact) mass is 320 g/mol. The van der Waals surface area contributed by atoms with Crippen molar-refractivity contribution in [3.63, 3.8) is 0 Å². The second kappa shape index (κ2) is 6.46. The first-order valence-electron chi connectivity index (χ1n) is 7.15. The SMILES string of the molecule is COC(=O)CC1CN(c2nnc(Cl)c3ccccc23)CCN1. The quantitative estimate of drug-likeness (QED) is 0.867. The Morgan fingerprint density at radius 1 is 1.41 bits per heavy atom. The number of aromatic nitrogens is 2. The lowest BCUT2D eigenvalue weighted by Gasteiger charge is -2.34. The van der Waals surface area contributed by atoms with Gasteiger partial charge in [0.15, 0.2) is 11.0 Å². The highest BCUT2D eigenvalue weighted by Gasteiger charge is 2.24. The summed E-state index contributed by atoms with van der Waals surface area (Å²) in [5.74, 6) is 0.586. The Morgan fingerprint density at radius 3 is 2.95 bits per heavy atom. The van der Waals surface area contributed by atoms with Crippen LogP contribution in [0.15, 0.2) is 24.3 Å². The second-order valence-electron chi connectivity index (χ2n) is 5.24. The van der Waals surface area contributed by atoms with E-state index in [4.69, 9.17) is 16.3 Å². The molecule has 1 N–H and O–H groups in total. The van der Waals surface area contributed by atoms with E-state index in [1.807, 2.05) is 24.3 Å². The van der Waals surface area contributed by atoms with Crippen LogP contribution in [-0.2, 0) is 9.53 Å². The summed E-state index contributed by atoms with van der Waals surface area (Å²) in [6.07, 6.45) is 0.339. The zero-order chi connectivity index (χ0) is 15.5. The van der Waals surface area contributed by atoms with E-state index in [1.165, 1.54) is 7.11 Å². The summed E-state index contributed by atoms with van der Waals surface area (Å²) in [5, 5.41) is 13.9. The van der Waals surface area contributed by atoms with Gasteiger partial charge in [-0.15, -0.1) is 10.2 Å². The number of benzene rings is 1.